The van der Waals surface area contributed by atoms with Crippen LogP contribution in [-0.2, 0) is 0 Å². The van der Waals surface area contributed by atoms with Crippen molar-refractivity contribution in [2.45, 2.75) is 0 Å². The minimum absolute atomic E-state index is 0.201. The summed E-state index contributed by atoms with van der Waals surface area (Å²) in [5.41, 5.74) is 6.70. The van der Waals surface area contributed by atoms with Crippen molar-refractivity contribution in [3.63, 3.8) is 0 Å². The summed E-state index contributed by atoms with van der Waals surface area (Å²) in [5, 5.41) is 6.34. The third-order valence-electron chi connectivity index (χ3n) is 3.52. The molecule has 3 aromatic rings. The van der Waals surface area contributed by atoms with E-state index in [1.165, 1.54) is 6.26 Å². The zero-order chi connectivity index (χ0) is 19.9. The van der Waals surface area contributed by atoms with Gasteiger partial charge in [-0.25, -0.2) is 0 Å². The number of anilines is 2. The van der Waals surface area contributed by atoms with Crippen LogP contribution in [0.4, 0.5) is 11.4 Å². The van der Waals surface area contributed by atoms with Crippen molar-refractivity contribution in [2.75, 3.05) is 10.6 Å². The number of hydrazine groups is 1. The molecule has 4 N–H and O–H groups in total. The van der Waals surface area contributed by atoms with E-state index < -0.39 is 0 Å². The van der Waals surface area contributed by atoms with Gasteiger partial charge in [-0.15, -0.1) is 0 Å². The highest BCUT2D eigenvalue weighted by molar-refractivity contribution is 7.80. The number of benzene rings is 2. The van der Waals surface area contributed by atoms with Crippen molar-refractivity contribution in [3.8, 4) is 0 Å². The number of hydrogen-bond acceptors (Lipinski definition) is 4. The third-order valence-corrected chi connectivity index (χ3v) is 3.96. The lowest BCUT2D eigenvalue weighted by Crippen LogP contribution is -2.43. The lowest BCUT2D eigenvalue weighted by molar-refractivity contribution is 0.0943. The van der Waals surface area contributed by atoms with E-state index >= 15 is 0 Å². The average Bonchev–Trinajstić information content (AvgIpc) is 3.22. The molecule has 2 aromatic carbocycles. The molecule has 1 heterocycles. The summed E-state index contributed by atoms with van der Waals surface area (Å²) in [6.07, 6.45) is 1.42. The van der Waals surface area contributed by atoms with E-state index in [1.54, 1.807) is 60.7 Å². The molecule has 0 aliphatic heterocycles. The van der Waals surface area contributed by atoms with E-state index in [2.05, 4.69) is 21.5 Å². The van der Waals surface area contributed by atoms with E-state index in [-0.39, 0.29) is 22.7 Å². The predicted molar refractivity (Wildman–Crippen MR) is 111 cm³/mol. The summed E-state index contributed by atoms with van der Waals surface area (Å²) in [6, 6.07) is 16.6. The molecule has 142 valence electrons. The van der Waals surface area contributed by atoms with Crippen molar-refractivity contribution in [3.05, 3.63) is 83.3 Å². The Balaban J connectivity index is 1.50. The lowest BCUT2D eigenvalue weighted by Gasteiger charge is -2.12. The van der Waals surface area contributed by atoms with Gasteiger partial charge < -0.3 is 15.1 Å². The minimum atomic E-state index is -0.390. The fourth-order valence-corrected chi connectivity index (χ4v) is 2.58. The molecule has 2 amide bonds. The Morgan fingerprint density at radius 3 is 2.32 bits per heavy atom. The van der Waals surface area contributed by atoms with E-state index in [9.17, 15) is 9.59 Å². The molecular formula is C19H15ClN4O3S. The van der Waals surface area contributed by atoms with Gasteiger partial charge in [-0.2, -0.15) is 0 Å². The highest BCUT2D eigenvalue weighted by atomic mass is 35.5. The van der Waals surface area contributed by atoms with Crippen molar-refractivity contribution in [1.82, 2.24) is 10.9 Å². The van der Waals surface area contributed by atoms with Gasteiger partial charge in [0, 0.05) is 22.0 Å². The molecule has 0 unspecified atom stereocenters. The zero-order valence-electron chi connectivity index (χ0n) is 14.4. The molecule has 3 rings (SSSR count). The molecule has 0 aliphatic carbocycles. The zero-order valence-corrected chi connectivity index (χ0v) is 15.9. The molecule has 0 bridgehead atoms. The number of furan rings is 1. The van der Waals surface area contributed by atoms with Gasteiger partial charge in [-0.1, -0.05) is 17.7 Å². The first kappa shape index (κ1) is 19.4. The Hall–Kier alpha value is -3.36. The topological polar surface area (TPSA) is 95.4 Å². The number of thiocarbonyl (C=S) groups is 1. The first-order valence-corrected chi connectivity index (χ1v) is 8.88. The molecule has 0 saturated carbocycles. The minimum Gasteiger partial charge on any atom is -0.459 e. The molecule has 7 nitrogen and oxygen atoms in total. The second-order valence-electron chi connectivity index (χ2n) is 5.55. The largest absolute Gasteiger partial charge is 0.459 e. The first-order chi connectivity index (χ1) is 13.5. The summed E-state index contributed by atoms with van der Waals surface area (Å²) >= 11 is 11.0. The Morgan fingerprint density at radius 2 is 1.64 bits per heavy atom. The summed E-state index contributed by atoms with van der Waals surface area (Å²) < 4.78 is 5.02. The normalized spacial score (nSPS) is 10.0. The maximum atomic E-state index is 12.2. The number of halogens is 1. The highest BCUT2D eigenvalue weighted by Gasteiger charge is 2.10. The van der Waals surface area contributed by atoms with Crippen LogP contribution in [0.25, 0.3) is 0 Å². The molecule has 0 spiro atoms. The van der Waals surface area contributed by atoms with E-state index in [0.29, 0.717) is 22.0 Å². The van der Waals surface area contributed by atoms with E-state index in [4.69, 9.17) is 28.2 Å². The molecule has 0 saturated heterocycles. The maximum Gasteiger partial charge on any atom is 0.291 e. The smallest absolute Gasteiger partial charge is 0.291 e. The molecule has 0 aliphatic rings. The Labute approximate surface area is 171 Å². The standard InChI is InChI=1S/C19H15ClN4O3S/c20-13-3-1-4-15(11-13)22-19(28)24-23-17(25)12-6-8-14(9-7-12)21-18(26)16-5-2-10-27-16/h1-11H,(H,21,26)(H,23,25)(H2,22,24,28). The number of rotatable bonds is 4. The van der Waals surface area contributed by atoms with Crippen molar-refractivity contribution < 1.29 is 14.0 Å². The van der Waals surface area contributed by atoms with Gasteiger partial charge in [0.2, 0.25) is 0 Å². The van der Waals surface area contributed by atoms with Gasteiger partial charge >= 0.3 is 0 Å². The van der Waals surface area contributed by atoms with Crippen LogP contribution in [0.2, 0.25) is 5.02 Å². The number of nitrogens with one attached hydrogen (secondary N) is 4. The number of amides is 2. The fraction of sp³-hybridized carbons (Fsp3) is 0. The van der Waals surface area contributed by atoms with Crippen LogP contribution >= 0.6 is 23.8 Å². The maximum absolute atomic E-state index is 12.2. The quantitative estimate of drug-likeness (QED) is 0.383. The van der Waals surface area contributed by atoms with Gasteiger partial charge in [-0.3, -0.25) is 20.4 Å². The van der Waals surface area contributed by atoms with Crippen LogP contribution in [0.15, 0.2) is 71.3 Å². The Kier molecular flexibility index (Phi) is 6.25. The third kappa shape index (κ3) is 5.32. The van der Waals surface area contributed by atoms with Gasteiger partial charge in [0.15, 0.2) is 10.9 Å². The van der Waals surface area contributed by atoms with Crippen LogP contribution in [0.5, 0.6) is 0 Å². The van der Waals surface area contributed by atoms with Crippen LogP contribution in [0.1, 0.15) is 20.9 Å². The number of hydrogen-bond donors (Lipinski definition) is 4. The molecule has 9 heteroatoms. The molecule has 0 fully saturated rings. The highest BCUT2D eigenvalue weighted by Crippen LogP contribution is 2.15. The predicted octanol–water partition coefficient (Wildman–Crippen LogP) is 3.82. The van der Waals surface area contributed by atoms with Crippen LogP contribution in [0, 0.1) is 0 Å². The molecule has 1 aromatic heterocycles. The first-order valence-electron chi connectivity index (χ1n) is 8.09. The molecule has 28 heavy (non-hydrogen) atoms. The second-order valence-corrected chi connectivity index (χ2v) is 6.40. The van der Waals surface area contributed by atoms with Crippen LogP contribution < -0.4 is 21.5 Å². The van der Waals surface area contributed by atoms with Crippen LogP contribution in [-0.4, -0.2) is 16.9 Å². The van der Waals surface area contributed by atoms with Gasteiger partial charge in [0.1, 0.15) is 0 Å². The van der Waals surface area contributed by atoms with Crippen molar-refractivity contribution >= 4 is 52.1 Å². The second kappa shape index (κ2) is 9.03. The average molecular weight is 415 g/mol. The lowest BCUT2D eigenvalue weighted by atomic mass is 10.2. The van der Waals surface area contributed by atoms with Gasteiger partial charge in [0.05, 0.1) is 6.26 Å². The molecule has 0 radical (unpaired) electrons. The summed E-state index contributed by atoms with van der Waals surface area (Å²) in [6.45, 7) is 0. The summed E-state index contributed by atoms with van der Waals surface area (Å²) in [4.78, 5) is 24.1. The van der Waals surface area contributed by atoms with E-state index in [1.807, 2.05) is 0 Å². The van der Waals surface area contributed by atoms with Gasteiger partial charge in [-0.05, 0) is 66.8 Å². The Morgan fingerprint density at radius 1 is 0.857 bits per heavy atom. The van der Waals surface area contributed by atoms with Crippen LogP contribution in [0.3, 0.4) is 0 Å². The Bertz CT molecular complexity index is 991. The summed E-state index contributed by atoms with van der Waals surface area (Å²) in [7, 11) is 0. The number of carbonyl (C=O) groups is 2. The number of carbonyl (C=O) groups excluding carboxylic acids is 2. The molecular weight excluding hydrogens is 400 g/mol. The van der Waals surface area contributed by atoms with Crippen molar-refractivity contribution in [1.29, 1.82) is 0 Å². The SMILES string of the molecule is O=C(NNC(=S)Nc1cccc(Cl)c1)c1ccc(NC(=O)c2ccco2)cc1. The van der Waals surface area contributed by atoms with E-state index in [0.717, 1.165) is 0 Å². The molecule has 0 atom stereocenters. The monoisotopic (exact) mass is 414 g/mol. The fourth-order valence-electron chi connectivity index (χ4n) is 2.22. The summed E-state index contributed by atoms with van der Waals surface area (Å²) in [5.74, 6) is -0.563. The van der Waals surface area contributed by atoms with Crippen molar-refractivity contribution in [2.24, 2.45) is 0 Å². The van der Waals surface area contributed by atoms with Gasteiger partial charge in [0.25, 0.3) is 11.8 Å².